The minimum Gasteiger partial charge on any atom is -0.353 e. The number of nitrogens with one attached hydrogen (secondary N) is 2. The van der Waals surface area contributed by atoms with Gasteiger partial charge in [0.1, 0.15) is 0 Å². The summed E-state index contributed by atoms with van der Waals surface area (Å²) in [4.78, 5) is 11.4. The molecule has 1 aromatic carbocycles. The molecule has 1 amide bonds. The lowest BCUT2D eigenvalue weighted by Crippen LogP contribution is -2.26. The molecule has 2 N–H and O–H groups in total. The molecule has 104 valence electrons. The molecule has 1 aliphatic carbocycles. The second-order valence-electron chi connectivity index (χ2n) is 4.86. The molecule has 1 aromatic rings. The average Bonchev–Trinajstić information content (AvgIpc) is 3.17. The highest BCUT2D eigenvalue weighted by Gasteiger charge is 2.22. The average molecular weight is 301 g/mol. The SMILES string of the molecule is O=C(CCCNCc1cc(Cl)ccc1Cl)NC1CC1. The Morgan fingerprint density at radius 1 is 1.32 bits per heavy atom. The maximum Gasteiger partial charge on any atom is 0.220 e. The topological polar surface area (TPSA) is 41.1 Å². The Labute approximate surface area is 123 Å². The summed E-state index contributed by atoms with van der Waals surface area (Å²) >= 11 is 12.0. The maximum atomic E-state index is 11.4. The van der Waals surface area contributed by atoms with E-state index in [1.54, 1.807) is 12.1 Å². The molecule has 2 rings (SSSR count). The normalized spacial score (nSPS) is 14.4. The predicted molar refractivity (Wildman–Crippen MR) is 78.6 cm³/mol. The van der Waals surface area contributed by atoms with Crippen LogP contribution in [-0.2, 0) is 11.3 Å². The van der Waals surface area contributed by atoms with Crippen molar-refractivity contribution < 1.29 is 4.79 Å². The van der Waals surface area contributed by atoms with Crippen LogP contribution in [0.4, 0.5) is 0 Å². The number of benzene rings is 1. The van der Waals surface area contributed by atoms with Crippen LogP contribution >= 0.6 is 23.2 Å². The van der Waals surface area contributed by atoms with Crippen LogP contribution in [0.1, 0.15) is 31.2 Å². The molecule has 0 spiro atoms. The van der Waals surface area contributed by atoms with Gasteiger partial charge in [0, 0.05) is 29.1 Å². The van der Waals surface area contributed by atoms with Crippen molar-refractivity contribution in [3.05, 3.63) is 33.8 Å². The van der Waals surface area contributed by atoms with E-state index in [-0.39, 0.29) is 5.91 Å². The Bertz CT molecular complexity index is 447. The molecule has 3 nitrogen and oxygen atoms in total. The number of carbonyl (C=O) groups is 1. The molecule has 0 heterocycles. The standard InChI is InChI=1S/C14H18Cl2N2O/c15-11-3-6-13(16)10(8-11)9-17-7-1-2-14(19)18-12-4-5-12/h3,6,8,12,17H,1-2,4-5,7,9H2,(H,18,19). The van der Waals surface area contributed by atoms with Crippen molar-refractivity contribution in [1.29, 1.82) is 0 Å². The zero-order chi connectivity index (χ0) is 13.7. The zero-order valence-electron chi connectivity index (χ0n) is 10.7. The smallest absolute Gasteiger partial charge is 0.220 e. The van der Waals surface area contributed by atoms with Crippen molar-refractivity contribution in [1.82, 2.24) is 10.6 Å². The molecule has 19 heavy (non-hydrogen) atoms. The molecule has 1 aliphatic rings. The molecular formula is C14H18Cl2N2O. The molecule has 0 aromatic heterocycles. The van der Waals surface area contributed by atoms with Gasteiger partial charge in [-0.05, 0) is 49.6 Å². The summed E-state index contributed by atoms with van der Waals surface area (Å²) in [6, 6.07) is 5.88. The lowest BCUT2D eigenvalue weighted by molar-refractivity contribution is -0.121. The van der Waals surface area contributed by atoms with Gasteiger partial charge in [0.05, 0.1) is 0 Å². The van der Waals surface area contributed by atoms with Crippen LogP contribution < -0.4 is 10.6 Å². The third-order valence-electron chi connectivity index (χ3n) is 3.02. The van der Waals surface area contributed by atoms with Gasteiger partial charge in [-0.15, -0.1) is 0 Å². The summed E-state index contributed by atoms with van der Waals surface area (Å²) in [5, 5.41) is 7.64. The van der Waals surface area contributed by atoms with E-state index in [0.29, 0.717) is 29.1 Å². The molecular weight excluding hydrogens is 283 g/mol. The number of amides is 1. The lowest BCUT2D eigenvalue weighted by atomic mass is 10.2. The van der Waals surface area contributed by atoms with Crippen molar-refractivity contribution in [2.24, 2.45) is 0 Å². The van der Waals surface area contributed by atoms with Crippen LogP contribution in [0.3, 0.4) is 0 Å². The van der Waals surface area contributed by atoms with Gasteiger partial charge in [-0.2, -0.15) is 0 Å². The number of halogens is 2. The Hall–Kier alpha value is -0.770. The summed E-state index contributed by atoms with van der Waals surface area (Å²) in [6.07, 6.45) is 3.68. The van der Waals surface area contributed by atoms with Crippen molar-refractivity contribution in [3.63, 3.8) is 0 Å². The first kappa shape index (κ1) is 14.6. The number of carbonyl (C=O) groups excluding carboxylic acids is 1. The quantitative estimate of drug-likeness (QED) is 0.760. The molecule has 0 saturated heterocycles. The van der Waals surface area contributed by atoms with Crippen LogP contribution in [0.5, 0.6) is 0 Å². The van der Waals surface area contributed by atoms with Gasteiger partial charge in [-0.25, -0.2) is 0 Å². The highest BCUT2D eigenvalue weighted by Crippen LogP contribution is 2.20. The van der Waals surface area contributed by atoms with Crippen molar-refractivity contribution >= 4 is 29.1 Å². The molecule has 0 unspecified atom stereocenters. The van der Waals surface area contributed by atoms with E-state index in [9.17, 15) is 4.79 Å². The lowest BCUT2D eigenvalue weighted by Gasteiger charge is -2.07. The van der Waals surface area contributed by atoms with Crippen molar-refractivity contribution in [3.8, 4) is 0 Å². The van der Waals surface area contributed by atoms with Gasteiger partial charge >= 0.3 is 0 Å². The van der Waals surface area contributed by atoms with Gasteiger partial charge in [0.2, 0.25) is 5.91 Å². The fourth-order valence-corrected chi connectivity index (χ4v) is 2.18. The van der Waals surface area contributed by atoms with Crippen LogP contribution in [0.25, 0.3) is 0 Å². The van der Waals surface area contributed by atoms with Gasteiger partial charge in [-0.1, -0.05) is 23.2 Å². The second-order valence-corrected chi connectivity index (χ2v) is 5.70. The first-order chi connectivity index (χ1) is 9.15. The van der Waals surface area contributed by atoms with E-state index in [1.165, 1.54) is 0 Å². The molecule has 0 bridgehead atoms. The molecule has 1 saturated carbocycles. The largest absolute Gasteiger partial charge is 0.353 e. The van der Waals surface area contributed by atoms with Crippen molar-refractivity contribution in [2.45, 2.75) is 38.3 Å². The van der Waals surface area contributed by atoms with E-state index in [1.807, 2.05) is 6.07 Å². The summed E-state index contributed by atoms with van der Waals surface area (Å²) in [5.41, 5.74) is 0.983. The fourth-order valence-electron chi connectivity index (χ4n) is 1.80. The maximum absolute atomic E-state index is 11.4. The minimum absolute atomic E-state index is 0.157. The van der Waals surface area contributed by atoms with E-state index in [2.05, 4.69) is 10.6 Å². The monoisotopic (exact) mass is 300 g/mol. The van der Waals surface area contributed by atoms with Gasteiger partial charge in [0.25, 0.3) is 0 Å². The third kappa shape index (κ3) is 5.39. The number of hydrogen-bond donors (Lipinski definition) is 2. The molecule has 0 radical (unpaired) electrons. The van der Waals surface area contributed by atoms with E-state index in [4.69, 9.17) is 23.2 Å². The van der Waals surface area contributed by atoms with Crippen LogP contribution in [0.2, 0.25) is 10.0 Å². The summed E-state index contributed by atoms with van der Waals surface area (Å²) in [7, 11) is 0. The Kier molecular flexibility index (Phi) is 5.49. The summed E-state index contributed by atoms with van der Waals surface area (Å²) in [5.74, 6) is 0.157. The zero-order valence-corrected chi connectivity index (χ0v) is 12.2. The van der Waals surface area contributed by atoms with Gasteiger partial charge in [-0.3, -0.25) is 4.79 Å². The van der Waals surface area contributed by atoms with Crippen LogP contribution in [0.15, 0.2) is 18.2 Å². The predicted octanol–water partition coefficient (Wildman–Crippen LogP) is 3.14. The third-order valence-corrected chi connectivity index (χ3v) is 3.63. The molecule has 1 fully saturated rings. The summed E-state index contributed by atoms with van der Waals surface area (Å²) in [6.45, 7) is 1.46. The molecule has 0 atom stereocenters. The Balaban J connectivity index is 1.60. The van der Waals surface area contributed by atoms with E-state index in [0.717, 1.165) is 31.4 Å². The fraction of sp³-hybridized carbons (Fsp3) is 0.500. The highest BCUT2D eigenvalue weighted by atomic mass is 35.5. The first-order valence-electron chi connectivity index (χ1n) is 6.59. The Morgan fingerprint density at radius 2 is 2.11 bits per heavy atom. The van der Waals surface area contributed by atoms with Gasteiger partial charge < -0.3 is 10.6 Å². The number of hydrogen-bond acceptors (Lipinski definition) is 2. The first-order valence-corrected chi connectivity index (χ1v) is 7.35. The highest BCUT2D eigenvalue weighted by molar-refractivity contribution is 6.33. The van der Waals surface area contributed by atoms with Crippen LogP contribution in [0, 0.1) is 0 Å². The van der Waals surface area contributed by atoms with E-state index >= 15 is 0 Å². The molecule has 5 heteroatoms. The van der Waals surface area contributed by atoms with Crippen molar-refractivity contribution in [2.75, 3.05) is 6.54 Å². The second kappa shape index (κ2) is 7.13. The van der Waals surface area contributed by atoms with Crippen LogP contribution in [-0.4, -0.2) is 18.5 Å². The number of rotatable bonds is 7. The Morgan fingerprint density at radius 3 is 2.84 bits per heavy atom. The molecule has 0 aliphatic heterocycles. The minimum atomic E-state index is 0.157. The van der Waals surface area contributed by atoms with Gasteiger partial charge in [0.15, 0.2) is 0 Å². The van der Waals surface area contributed by atoms with E-state index < -0.39 is 0 Å². The summed E-state index contributed by atoms with van der Waals surface area (Å²) < 4.78 is 0.